The van der Waals surface area contributed by atoms with Gasteiger partial charge in [-0.15, -0.1) is 11.3 Å². The van der Waals surface area contributed by atoms with Gasteiger partial charge in [0.1, 0.15) is 11.6 Å². The number of carbonyl (C=O) groups is 1. The topological polar surface area (TPSA) is 84.2 Å². The molecule has 2 aromatic rings. The highest BCUT2D eigenvalue weighted by Gasteiger charge is 2.15. The van der Waals surface area contributed by atoms with Crippen LogP contribution in [0.15, 0.2) is 29.3 Å². The van der Waals surface area contributed by atoms with Crippen molar-refractivity contribution in [3.05, 3.63) is 39.9 Å². The summed E-state index contributed by atoms with van der Waals surface area (Å²) in [5.41, 5.74) is 0.467. The minimum Gasteiger partial charge on any atom is -0.493 e. The van der Waals surface area contributed by atoms with Crippen molar-refractivity contribution in [3.8, 4) is 17.6 Å². The van der Waals surface area contributed by atoms with Gasteiger partial charge in [-0.3, -0.25) is 10.1 Å². The van der Waals surface area contributed by atoms with Gasteiger partial charge in [-0.05, 0) is 37.6 Å². The van der Waals surface area contributed by atoms with Gasteiger partial charge < -0.3 is 9.47 Å². The van der Waals surface area contributed by atoms with E-state index in [1.54, 1.807) is 23.7 Å². The Kier molecular flexibility index (Phi) is 6.39. The zero-order valence-electron chi connectivity index (χ0n) is 13.9. The maximum atomic E-state index is 12.2. The molecule has 8 heteroatoms. The summed E-state index contributed by atoms with van der Waals surface area (Å²) in [6.45, 7) is 3.75. The molecular weight excluding hydrogens is 362 g/mol. The molecule has 1 aromatic heterocycles. The van der Waals surface area contributed by atoms with E-state index < -0.39 is 5.91 Å². The van der Waals surface area contributed by atoms with E-state index in [0.29, 0.717) is 27.2 Å². The average molecular weight is 378 g/mol. The van der Waals surface area contributed by atoms with E-state index >= 15 is 0 Å². The number of rotatable bonds is 6. The summed E-state index contributed by atoms with van der Waals surface area (Å²) in [7, 11) is 1.49. The molecule has 25 heavy (non-hydrogen) atoms. The molecule has 0 saturated carbocycles. The smallest absolute Gasteiger partial charge is 0.268 e. The Morgan fingerprint density at radius 1 is 1.48 bits per heavy atom. The van der Waals surface area contributed by atoms with Gasteiger partial charge in [0.05, 0.1) is 18.2 Å². The zero-order chi connectivity index (χ0) is 18.4. The summed E-state index contributed by atoms with van der Waals surface area (Å²) in [6.07, 6.45) is 2.91. The number of aromatic nitrogens is 1. The van der Waals surface area contributed by atoms with Gasteiger partial charge in [0.25, 0.3) is 5.91 Å². The van der Waals surface area contributed by atoms with Crippen LogP contribution >= 0.6 is 22.9 Å². The maximum Gasteiger partial charge on any atom is 0.268 e. The number of carbonyl (C=O) groups excluding carboxylic acids is 1. The van der Waals surface area contributed by atoms with Crippen LogP contribution in [0.5, 0.6) is 11.5 Å². The van der Waals surface area contributed by atoms with E-state index in [2.05, 4.69) is 10.3 Å². The highest BCUT2D eigenvalue weighted by atomic mass is 35.5. The molecular formula is C17H16ClN3O3S. The first-order chi connectivity index (χ1) is 11.9. The minimum absolute atomic E-state index is 0.0773. The Bertz CT molecular complexity index is 826. The number of nitrogens with zero attached hydrogens (tertiary/aromatic N) is 2. The van der Waals surface area contributed by atoms with Crippen LogP contribution < -0.4 is 14.8 Å². The third kappa shape index (κ3) is 4.95. The Hall–Kier alpha value is -2.56. The van der Waals surface area contributed by atoms with Gasteiger partial charge in [0.15, 0.2) is 16.6 Å². The number of nitrogens with one attached hydrogen (secondary N) is 1. The number of hydrogen-bond acceptors (Lipinski definition) is 6. The highest BCUT2D eigenvalue weighted by molar-refractivity contribution is 7.13. The van der Waals surface area contributed by atoms with Crippen molar-refractivity contribution >= 4 is 40.1 Å². The van der Waals surface area contributed by atoms with Crippen LogP contribution in [-0.4, -0.2) is 24.1 Å². The summed E-state index contributed by atoms with van der Waals surface area (Å²) < 4.78 is 10.9. The second-order valence-electron chi connectivity index (χ2n) is 5.16. The lowest BCUT2D eigenvalue weighted by Crippen LogP contribution is -2.13. The Labute approximate surface area is 154 Å². The van der Waals surface area contributed by atoms with Crippen LogP contribution in [-0.2, 0) is 4.79 Å². The molecule has 0 spiro atoms. The summed E-state index contributed by atoms with van der Waals surface area (Å²) >= 11 is 7.52. The fraction of sp³-hybridized carbons (Fsp3) is 0.235. The molecule has 6 nitrogen and oxygen atoms in total. The predicted molar refractivity (Wildman–Crippen MR) is 98.1 cm³/mol. The number of methoxy groups -OCH3 is 1. The molecule has 0 atom stereocenters. The molecule has 0 aliphatic carbocycles. The van der Waals surface area contributed by atoms with Gasteiger partial charge >= 0.3 is 0 Å². The summed E-state index contributed by atoms with van der Waals surface area (Å²) in [5.74, 6) is 0.294. The van der Waals surface area contributed by atoms with Gasteiger partial charge in [-0.2, -0.15) is 5.26 Å². The number of benzene rings is 1. The molecule has 0 aliphatic rings. The van der Waals surface area contributed by atoms with Crippen LogP contribution in [0, 0.1) is 11.3 Å². The molecule has 2 rings (SSSR count). The predicted octanol–water partition coefficient (Wildman–Crippen LogP) is 4.14. The van der Waals surface area contributed by atoms with E-state index in [4.69, 9.17) is 21.1 Å². The Morgan fingerprint density at radius 2 is 2.24 bits per heavy atom. The summed E-state index contributed by atoms with van der Waals surface area (Å²) in [6, 6.07) is 5.13. The van der Waals surface area contributed by atoms with Crippen molar-refractivity contribution in [2.75, 3.05) is 12.4 Å². The van der Waals surface area contributed by atoms with Crippen molar-refractivity contribution in [1.29, 1.82) is 5.26 Å². The van der Waals surface area contributed by atoms with Crippen molar-refractivity contribution in [3.63, 3.8) is 0 Å². The number of halogens is 1. The molecule has 0 fully saturated rings. The summed E-state index contributed by atoms with van der Waals surface area (Å²) in [5, 5.41) is 14.3. The molecule has 0 aliphatic heterocycles. The third-order valence-electron chi connectivity index (χ3n) is 2.93. The normalized spacial score (nSPS) is 11.1. The van der Waals surface area contributed by atoms with Crippen LogP contribution in [0.2, 0.25) is 5.02 Å². The number of thiazole rings is 1. The molecule has 1 heterocycles. The number of ether oxygens (including phenoxy) is 2. The number of anilines is 1. The minimum atomic E-state index is -0.546. The SMILES string of the molecule is COc1cc(/C=C(\C#N)C(=O)Nc2nccs2)cc(Cl)c1OC(C)C. The van der Waals surface area contributed by atoms with E-state index in [9.17, 15) is 10.1 Å². The fourth-order valence-corrected chi connectivity index (χ4v) is 2.73. The van der Waals surface area contributed by atoms with Gasteiger partial charge in [-0.1, -0.05) is 11.6 Å². The molecule has 1 amide bonds. The van der Waals surface area contributed by atoms with Gasteiger partial charge in [0.2, 0.25) is 0 Å². The zero-order valence-corrected chi connectivity index (χ0v) is 15.4. The molecule has 0 unspecified atom stereocenters. The maximum absolute atomic E-state index is 12.2. The fourth-order valence-electron chi connectivity index (χ4n) is 1.94. The van der Waals surface area contributed by atoms with Crippen LogP contribution in [0.1, 0.15) is 19.4 Å². The van der Waals surface area contributed by atoms with E-state index in [0.717, 1.165) is 0 Å². The van der Waals surface area contributed by atoms with Gasteiger partial charge in [-0.25, -0.2) is 4.98 Å². The second-order valence-corrected chi connectivity index (χ2v) is 6.46. The first-order valence-electron chi connectivity index (χ1n) is 7.31. The standard InChI is InChI=1S/C17H16ClN3O3S/c1-10(2)24-15-13(18)7-11(8-14(15)23-3)6-12(9-19)16(22)21-17-20-4-5-25-17/h4-8,10H,1-3H3,(H,20,21,22)/b12-6+. The van der Waals surface area contributed by atoms with E-state index in [-0.39, 0.29) is 11.7 Å². The number of amides is 1. The molecule has 0 saturated heterocycles. The highest BCUT2D eigenvalue weighted by Crippen LogP contribution is 2.37. The van der Waals surface area contributed by atoms with Crippen LogP contribution in [0.3, 0.4) is 0 Å². The lowest BCUT2D eigenvalue weighted by Gasteiger charge is -2.15. The molecule has 0 bridgehead atoms. The van der Waals surface area contributed by atoms with Crippen molar-refractivity contribution in [2.45, 2.75) is 20.0 Å². The van der Waals surface area contributed by atoms with Crippen LogP contribution in [0.4, 0.5) is 5.13 Å². The lowest BCUT2D eigenvalue weighted by molar-refractivity contribution is -0.112. The molecule has 0 radical (unpaired) electrons. The monoisotopic (exact) mass is 377 g/mol. The van der Waals surface area contributed by atoms with E-state index in [1.165, 1.54) is 24.5 Å². The van der Waals surface area contributed by atoms with E-state index in [1.807, 2.05) is 19.9 Å². The Morgan fingerprint density at radius 3 is 2.80 bits per heavy atom. The molecule has 1 N–H and O–H groups in total. The third-order valence-corrected chi connectivity index (χ3v) is 3.90. The number of hydrogen-bond donors (Lipinski definition) is 1. The van der Waals surface area contributed by atoms with Crippen molar-refractivity contribution in [1.82, 2.24) is 4.98 Å². The van der Waals surface area contributed by atoms with Gasteiger partial charge in [0, 0.05) is 11.6 Å². The molecule has 130 valence electrons. The average Bonchev–Trinajstić information content (AvgIpc) is 3.07. The first kappa shape index (κ1) is 18.8. The first-order valence-corrected chi connectivity index (χ1v) is 8.57. The number of nitriles is 1. The molecule has 1 aromatic carbocycles. The van der Waals surface area contributed by atoms with Crippen molar-refractivity contribution < 1.29 is 14.3 Å². The second kappa shape index (κ2) is 8.51. The lowest BCUT2D eigenvalue weighted by atomic mass is 10.1. The Balaban J connectivity index is 2.32. The van der Waals surface area contributed by atoms with Crippen LogP contribution in [0.25, 0.3) is 6.08 Å². The largest absolute Gasteiger partial charge is 0.493 e. The van der Waals surface area contributed by atoms with Crippen molar-refractivity contribution in [2.24, 2.45) is 0 Å². The summed E-state index contributed by atoms with van der Waals surface area (Å²) in [4.78, 5) is 16.1. The quantitative estimate of drug-likeness (QED) is 0.604.